The van der Waals surface area contributed by atoms with Crippen LogP contribution >= 0.6 is 0 Å². The number of anilines is 1. The van der Waals surface area contributed by atoms with Crippen molar-refractivity contribution in [3.63, 3.8) is 0 Å². The molecule has 3 heterocycles. The van der Waals surface area contributed by atoms with E-state index in [-0.39, 0.29) is 17.9 Å². The molecule has 0 aromatic carbocycles. The van der Waals surface area contributed by atoms with Crippen LogP contribution in [-0.2, 0) is 9.53 Å². The van der Waals surface area contributed by atoms with Gasteiger partial charge in [0, 0.05) is 6.04 Å². The van der Waals surface area contributed by atoms with Crippen LogP contribution in [0.4, 0.5) is 10.2 Å². The minimum Gasteiger partial charge on any atom is -0.469 e. The summed E-state index contributed by atoms with van der Waals surface area (Å²) in [4.78, 5) is 25.3. The lowest BCUT2D eigenvalue weighted by molar-refractivity contribution is -0.152. The fourth-order valence-electron chi connectivity index (χ4n) is 4.93. The van der Waals surface area contributed by atoms with Crippen LogP contribution in [-0.4, -0.2) is 44.3 Å². The number of rotatable bonds is 4. The van der Waals surface area contributed by atoms with Crippen LogP contribution in [0.5, 0.6) is 0 Å². The lowest BCUT2D eigenvalue weighted by Gasteiger charge is -2.47. The molecule has 29 heavy (non-hydrogen) atoms. The largest absolute Gasteiger partial charge is 0.469 e. The molecular weight excluding hydrogens is 375 g/mol. The fourth-order valence-corrected chi connectivity index (χ4v) is 4.93. The first kappa shape index (κ1) is 18.0. The summed E-state index contributed by atoms with van der Waals surface area (Å²) in [5, 5.41) is 11.0. The maximum absolute atomic E-state index is 13.6. The van der Waals surface area contributed by atoms with Gasteiger partial charge in [0.05, 0.1) is 42.7 Å². The van der Waals surface area contributed by atoms with Gasteiger partial charge in [0.25, 0.3) is 0 Å². The Morgan fingerprint density at radius 1 is 1.21 bits per heavy atom. The summed E-state index contributed by atoms with van der Waals surface area (Å²) in [6.07, 6.45) is 8.67. The minimum absolute atomic E-state index is 0.0304. The molecule has 3 aliphatic carbocycles. The van der Waals surface area contributed by atoms with Gasteiger partial charge in [0.2, 0.25) is 0 Å². The first-order valence-corrected chi connectivity index (χ1v) is 9.80. The molecule has 3 aliphatic rings. The third kappa shape index (κ3) is 3.10. The number of aromatic amines is 1. The third-order valence-electron chi connectivity index (χ3n) is 6.27. The summed E-state index contributed by atoms with van der Waals surface area (Å²) in [6, 6.07) is 1.34. The summed E-state index contributed by atoms with van der Waals surface area (Å²) in [6.45, 7) is 0. The standard InChI is InChI=1S/C20H21FN6O2/c1-29-20(28)16-10-2-4-11(5-3-10)17(16)25-15-9-22-8-14(24-15)18-13-6-12(21)7-23-19(13)27-26-18/h6-11,16-17H,2-5H2,1H3,(H,24,25)(H,23,26,27)/t10?,11?,16-,17-/m0/s1. The Hall–Kier alpha value is -3.10. The van der Waals surface area contributed by atoms with Gasteiger partial charge in [-0.3, -0.25) is 14.9 Å². The summed E-state index contributed by atoms with van der Waals surface area (Å²) >= 11 is 0. The van der Waals surface area contributed by atoms with Gasteiger partial charge in [-0.25, -0.2) is 14.4 Å². The molecule has 0 radical (unpaired) electrons. The lowest BCUT2D eigenvalue weighted by atomic mass is 9.61. The zero-order chi connectivity index (χ0) is 20.0. The van der Waals surface area contributed by atoms with Crippen molar-refractivity contribution in [2.45, 2.75) is 31.7 Å². The molecule has 2 atom stereocenters. The van der Waals surface area contributed by atoms with E-state index in [1.165, 1.54) is 13.2 Å². The monoisotopic (exact) mass is 396 g/mol. The second-order valence-corrected chi connectivity index (χ2v) is 7.81. The van der Waals surface area contributed by atoms with Gasteiger partial charge < -0.3 is 10.1 Å². The predicted molar refractivity (Wildman–Crippen MR) is 103 cm³/mol. The molecular formula is C20H21FN6O2. The molecule has 3 fully saturated rings. The molecule has 3 aromatic heterocycles. The molecule has 2 N–H and O–H groups in total. The molecule has 3 saturated carbocycles. The number of nitrogens with one attached hydrogen (secondary N) is 2. The molecule has 0 unspecified atom stereocenters. The molecule has 6 rings (SSSR count). The summed E-state index contributed by atoms with van der Waals surface area (Å²) in [7, 11) is 1.44. The summed E-state index contributed by atoms with van der Waals surface area (Å²) in [5.74, 6) is 0.529. The van der Waals surface area contributed by atoms with E-state index in [4.69, 9.17) is 4.74 Å². The van der Waals surface area contributed by atoms with E-state index in [1.54, 1.807) is 12.4 Å². The lowest BCUT2D eigenvalue weighted by Crippen LogP contribution is -2.51. The topological polar surface area (TPSA) is 106 Å². The highest BCUT2D eigenvalue weighted by atomic mass is 19.1. The Labute approximate surface area is 166 Å². The van der Waals surface area contributed by atoms with Crippen LogP contribution in [0.1, 0.15) is 25.7 Å². The van der Waals surface area contributed by atoms with Crippen LogP contribution in [0.25, 0.3) is 22.4 Å². The number of halogens is 1. The van der Waals surface area contributed by atoms with Crippen LogP contribution in [0.15, 0.2) is 24.7 Å². The molecule has 9 heteroatoms. The molecule has 2 bridgehead atoms. The zero-order valence-corrected chi connectivity index (χ0v) is 15.9. The second kappa shape index (κ2) is 7.06. The highest BCUT2D eigenvalue weighted by molar-refractivity contribution is 5.89. The van der Waals surface area contributed by atoms with Crippen molar-refractivity contribution in [1.82, 2.24) is 25.1 Å². The van der Waals surface area contributed by atoms with Crippen molar-refractivity contribution < 1.29 is 13.9 Å². The Balaban J connectivity index is 1.46. The normalized spacial score (nSPS) is 25.9. The first-order valence-electron chi connectivity index (χ1n) is 9.80. The van der Waals surface area contributed by atoms with E-state index >= 15 is 0 Å². The van der Waals surface area contributed by atoms with Crippen LogP contribution < -0.4 is 5.32 Å². The number of aromatic nitrogens is 5. The number of ether oxygens (including phenoxy) is 1. The van der Waals surface area contributed by atoms with Crippen molar-refractivity contribution in [3.05, 3.63) is 30.5 Å². The number of carbonyl (C=O) groups excluding carboxylic acids is 1. The van der Waals surface area contributed by atoms with Crippen LogP contribution in [0, 0.1) is 23.6 Å². The smallest absolute Gasteiger partial charge is 0.311 e. The van der Waals surface area contributed by atoms with Gasteiger partial charge in [0.1, 0.15) is 17.3 Å². The molecule has 0 amide bonds. The number of pyridine rings is 1. The maximum atomic E-state index is 13.6. The zero-order valence-electron chi connectivity index (χ0n) is 15.9. The number of fused-ring (bicyclic) bond motifs is 4. The van der Waals surface area contributed by atoms with Gasteiger partial charge in [0.15, 0.2) is 5.65 Å². The number of hydrogen-bond acceptors (Lipinski definition) is 7. The number of hydrogen-bond donors (Lipinski definition) is 2. The van der Waals surface area contributed by atoms with Crippen LogP contribution in [0.2, 0.25) is 0 Å². The summed E-state index contributed by atoms with van der Waals surface area (Å²) in [5.41, 5.74) is 1.50. The van der Waals surface area contributed by atoms with Gasteiger partial charge in [-0.1, -0.05) is 0 Å². The maximum Gasteiger partial charge on any atom is 0.311 e. The Kier molecular flexibility index (Phi) is 4.37. The molecule has 0 saturated heterocycles. The quantitative estimate of drug-likeness (QED) is 0.653. The minimum atomic E-state index is -0.443. The van der Waals surface area contributed by atoms with E-state index in [9.17, 15) is 9.18 Å². The first-order chi connectivity index (χ1) is 14.1. The number of esters is 1. The molecule has 150 valence electrons. The van der Waals surface area contributed by atoms with E-state index in [1.807, 2.05) is 0 Å². The van der Waals surface area contributed by atoms with Gasteiger partial charge in [-0.05, 0) is 43.6 Å². The molecule has 3 aromatic rings. The van der Waals surface area contributed by atoms with E-state index in [2.05, 4.69) is 30.5 Å². The fraction of sp³-hybridized carbons (Fsp3) is 0.450. The van der Waals surface area contributed by atoms with Crippen molar-refractivity contribution in [1.29, 1.82) is 0 Å². The Bertz CT molecular complexity index is 1060. The highest BCUT2D eigenvalue weighted by Gasteiger charge is 2.47. The predicted octanol–water partition coefficient (Wildman–Crippen LogP) is 2.94. The second-order valence-electron chi connectivity index (χ2n) is 7.81. The molecule has 8 nitrogen and oxygen atoms in total. The van der Waals surface area contributed by atoms with E-state index < -0.39 is 5.82 Å². The van der Waals surface area contributed by atoms with Crippen molar-refractivity contribution in [2.24, 2.45) is 17.8 Å². The Morgan fingerprint density at radius 2 is 2.00 bits per heavy atom. The average Bonchev–Trinajstić information content (AvgIpc) is 3.17. The third-order valence-corrected chi connectivity index (χ3v) is 6.27. The van der Waals surface area contributed by atoms with Gasteiger partial charge >= 0.3 is 5.97 Å². The van der Waals surface area contributed by atoms with Crippen LogP contribution in [0.3, 0.4) is 0 Å². The number of H-pyrrole nitrogens is 1. The van der Waals surface area contributed by atoms with Crippen molar-refractivity contribution >= 4 is 22.8 Å². The SMILES string of the molecule is COC(=O)[C@H]1C2CCC(CC2)[C@@H]1Nc1cncc(-c2[nH]nc3ncc(F)cc23)n1. The van der Waals surface area contributed by atoms with Crippen molar-refractivity contribution in [3.8, 4) is 11.4 Å². The Morgan fingerprint density at radius 3 is 2.79 bits per heavy atom. The molecule has 0 aliphatic heterocycles. The number of nitrogens with zero attached hydrogens (tertiary/aromatic N) is 4. The summed E-state index contributed by atoms with van der Waals surface area (Å²) < 4.78 is 18.7. The van der Waals surface area contributed by atoms with Crippen molar-refractivity contribution in [2.75, 3.05) is 12.4 Å². The highest BCUT2D eigenvalue weighted by Crippen LogP contribution is 2.46. The van der Waals surface area contributed by atoms with Gasteiger partial charge in [-0.15, -0.1) is 0 Å². The molecule has 0 spiro atoms. The van der Waals surface area contributed by atoms with Gasteiger partial charge in [-0.2, -0.15) is 5.10 Å². The van der Waals surface area contributed by atoms with E-state index in [0.717, 1.165) is 31.9 Å². The number of methoxy groups -OCH3 is 1. The average molecular weight is 396 g/mol. The number of carbonyl (C=O) groups is 1. The van der Waals surface area contributed by atoms with E-state index in [0.29, 0.717) is 40.1 Å².